The second kappa shape index (κ2) is 7.22. The van der Waals surface area contributed by atoms with Gasteiger partial charge in [-0.25, -0.2) is 0 Å². The predicted molar refractivity (Wildman–Crippen MR) is 111 cm³/mol. The fourth-order valence-corrected chi connectivity index (χ4v) is 3.67. The van der Waals surface area contributed by atoms with E-state index in [1.165, 1.54) is 21.2 Å². The Morgan fingerprint density at radius 2 is 1.65 bits per heavy atom. The van der Waals surface area contributed by atoms with Crippen LogP contribution in [0.15, 0.2) is 83.9 Å². The third kappa shape index (κ3) is 3.06. The van der Waals surface area contributed by atoms with Crippen LogP contribution in [-0.2, 0) is 0 Å². The molecule has 0 saturated heterocycles. The third-order valence-corrected chi connectivity index (χ3v) is 5.27. The summed E-state index contributed by atoms with van der Waals surface area (Å²) in [5, 5.41) is 2.45. The van der Waals surface area contributed by atoms with Gasteiger partial charge in [0.1, 0.15) is 5.75 Å². The van der Waals surface area contributed by atoms with E-state index in [2.05, 4.69) is 71.9 Å². The fourth-order valence-electron chi connectivity index (χ4n) is 3.24. The lowest BCUT2D eigenvalue weighted by Gasteiger charge is -2.14. The summed E-state index contributed by atoms with van der Waals surface area (Å²) < 4.78 is 5.50. The molecule has 4 aromatic rings. The molecule has 0 bridgehead atoms. The lowest BCUT2D eigenvalue weighted by molar-refractivity contribution is 0.415. The zero-order valence-corrected chi connectivity index (χ0v) is 15.6. The molecule has 2 nitrogen and oxygen atoms in total. The van der Waals surface area contributed by atoms with Crippen LogP contribution in [0.3, 0.4) is 0 Å². The molecule has 3 heteroatoms. The molecule has 0 amide bonds. The quantitative estimate of drug-likeness (QED) is 0.400. The molecule has 0 radical (unpaired) electrons. The van der Waals surface area contributed by atoms with Crippen molar-refractivity contribution < 1.29 is 4.74 Å². The van der Waals surface area contributed by atoms with Crippen molar-refractivity contribution in [2.45, 2.75) is 4.90 Å². The van der Waals surface area contributed by atoms with Gasteiger partial charge < -0.3 is 4.74 Å². The molecule has 0 N–H and O–H groups in total. The Labute approximate surface area is 157 Å². The maximum Gasteiger partial charge on any atom is 0.119 e. The van der Waals surface area contributed by atoms with Crippen molar-refractivity contribution >= 4 is 22.5 Å². The van der Waals surface area contributed by atoms with E-state index in [0.29, 0.717) is 0 Å². The lowest BCUT2D eigenvalue weighted by Crippen LogP contribution is -1.92. The second-order valence-corrected chi connectivity index (χ2v) is 6.90. The topological polar surface area (TPSA) is 22.1 Å². The Morgan fingerprint density at radius 1 is 0.808 bits per heavy atom. The van der Waals surface area contributed by atoms with Crippen LogP contribution in [0, 0.1) is 0 Å². The van der Waals surface area contributed by atoms with Crippen molar-refractivity contribution in [2.24, 2.45) is 0 Å². The highest BCUT2D eigenvalue weighted by Gasteiger charge is 2.13. The average Bonchev–Trinajstić information content (AvgIpc) is 2.73. The van der Waals surface area contributed by atoms with Gasteiger partial charge in [-0.15, -0.1) is 11.8 Å². The smallest absolute Gasteiger partial charge is 0.119 e. The van der Waals surface area contributed by atoms with Crippen molar-refractivity contribution in [1.82, 2.24) is 4.98 Å². The number of benzene rings is 3. The highest BCUT2D eigenvalue weighted by atomic mass is 32.2. The number of pyridine rings is 1. The molecule has 0 saturated carbocycles. The summed E-state index contributed by atoms with van der Waals surface area (Å²) in [6.45, 7) is 0. The first kappa shape index (κ1) is 16.7. The van der Waals surface area contributed by atoms with Crippen LogP contribution in [0.1, 0.15) is 0 Å². The van der Waals surface area contributed by atoms with Gasteiger partial charge >= 0.3 is 0 Å². The van der Waals surface area contributed by atoms with Gasteiger partial charge in [0, 0.05) is 16.7 Å². The number of methoxy groups -OCH3 is 1. The van der Waals surface area contributed by atoms with Gasteiger partial charge in [-0.2, -0.15) is 0 Å². The predicted octanol–water partition coefficient (Wildman–Crippen LogP) is 6.30. The van der Waals surface area contributed by atoms with E-state index in [1.54, 1.807) is 18.9 Å². The summed E-state index contributed by atoms with van der Waals surface area (Å²) in [5.41, 5.74) is 4.40. The summed E-state index contributed by atoms with van der Waals surface area (Å²) in [6.07, 6.45) is 3.96. The molecule has 1 heterocycles. The number of thioether (sulfide) groups is 1. The molecule has 0 spiro atoms. The molecule has 0 fully saturated rings. The van der Waals surface area contributed by atoms with Gasteiger partial charge in [0.2, 0.25) is 0 Å². The van der Waals surface area contributed by atoms with Crippen LogP contribution in [0.5, 0.6) is 5.75 Å². The monoisotopic (exact) mass is 357 g/mol. The third-order valence-electron chi connectivity index (χ3n) is 4.55. The van der Waals surface area contributed by atoms with Crippen LogP contribution < -0.4 is 4.74 Å². The molecule has 0 aliphatic rings. The van der Waals surface area contributed by atoms with Crippen molar-refractivity contribution in [3.63, 3.8) is 0 Å². The minimum atomic E-state index is 0.845. The largest absolute Gasteiger partial charge is 0.497 e. The summed E-state index contributed by atoms with van der Waals surface area (Å²) >= 11 is 1.72. The van der Waals surface area contributed by atoms with Crippen LogP contribution in [0.2, 0.25) is 0 Å². The van der Waals surface area contributed by atoms with Crippen molar-refractivity contribution in [2.75, 3.05) is 13.4 Å². The summed E-state index contributed by atoms with van der Waals surface area (Å²) in [5.74, 6) is 0.845. The maximum absolute atomic E-state index is 5.50. The first-order valence-corrected chi connectivity index (χ1v) is 9.69. The Hall–Kier alpha value is -2.78. The molecule has 4 rings (SSSR count). The molecular weight excluding hydrogens is 338 g/mol. The number of nitrogens with zero attached hydrogens (tertiary/aromatic N) is 1. The molecule has 26 heavy (non-hydrogen) atoms. The van der Waals surface area contributed by atoms with E-state index < -0.39 is 0 Å². The van der Waals surface area contributed by atoms with E-state index in [4.69, 9.17) is 4.74 Å². The SMILES string of the molecule is COc1ccc(-c2cc(SC)ccn2)c(-c2cccc3ccccc23)c1. The normalized spacial score (nSPS) is 10.8. The van der Waals surface area contributed by atoms with Gasteiger partial charge in [0.05, 0.1) is 12.8 Å². The fraction of sp³-hybridized carbons (Fsp3) is 0.0870. The Bertz CT molecular complexity index is 1070. The zero-order chi connectivity index (χ0) is 17.9. The van der Waals surface area contributed by atoms with Gasteiger partial charge in [0.25, 0.3) is 0 Å². The van der Waals surface area contributed by atoms with Crippen molar-refractivity contribution in [3.8, 4) is 28.1 Å². The molecular formula is C23H19NOS. The standard InChI is InChI=1S/C23H19NOS/c1-25-17-10-11-21(23-15-18(26-2)12-13-24-23)22(14-17)20-9-5-7-16-6-3-4-8-19(16)20/h3-15H,1-2H3. The number of hydrogen-bond acceptors (Lipinski definition) is 3. The van der Waals surface area contributed by atoms with Gasteiger partial charge in [0.15, 0.2) is 0 Å². The molecule has 0 unspecified atom stereocenters. The van der Waals surface area contributed by atoms with Gasteiger partial charge in [-0.3, -0.25) is 4.98 Å². The number of hydrogen-bond donors (Lipinski definition) is 0. The van der Waals surface area contributed by atoms with E-state index >= 15 is 0 Å². The van der Waals surface area contributed by atoms with Gasteiger partial charge in [-0.1, -0.05) is 42.5 Å². The van der Waals surface area contributed by atoms with E-state index in [9.17, 15) is 0 Å². The first-order chi connectivity index (χ1) is 12.8. The second-order valence-electron chi connectivity index (χ2n) is 6.02. The summed E-state index contributed by atoms with van der Waals surface area (Å²) in [6, 6.07) is 25.3. The zero-order valence-electron chi connectivity index (χ0n) is 14.8. The van der Waals surface area contributed by atoms with E-state index in [-0.39, 0.29) is 0 Å². The highest BCUT2D eigenvalue weighted by Crippen LogP contribution is 2.38. The highest BCUT2D eigenvalue weighted by molar-refractivity contribution is 7.98. The van der Waals surface area contributed by atoms with Crippen LogP contribution in [0.4, 0.5) is 0 Å². The Kier molecular flexibility index (Phi) is 4.63. The lowest BCUT2D eigenvalue weighted by atomic mass is 9.93. The van der Waals surface area contributed by atoms with Crippen LogP contribution >= 0.6 is 11.8 Å². The van der Waals surface area contributed by atoms with Crippen LogP contribution in [-0.4, -0.2) is 18.3 Å². The van der Waals surface area contributed by atoms with E-state index in [0.717, 1.165) is 22.6 Å². The molecule has 128 valence electrons. The number of ether oxygens (including phenoxy) is 1. The summed E-state index contributed by atoms with van der Waals surface area (Å²) in [7, 11) is 1.70. The number of aromatic nitrogens is 1. The van der Waals surface area contributed by atoms with Crippen LogP contribution in [0.25, 0.3) is 33.2 Å². The molecule has 1 aromatic heterocycles. The average molecular weight is 357 g/mol. The minimum Gasteiger partial charge on any atom is -0.497 e. The maximum atomic E-state index is 5.50. The minimum absolute atomic E-state index is 0.845. The van der Waals surface area contributed by atoms with E-state index in [1.807, 2.05) is 18.3 Å². The molecule has 0 aliphatic heterocycles. The molecule has 0 atom stereocenters. The van der Waals surface area contributed by atoms with Gasteiger partial charge in [-0.05, 0) is 58.5 Å². The number of fused-ring (bicyclic) bond motifs is 1. The van der Waals surface area contributed by atoms with Crippen molar-refractivity contribution in [1.29, 1.82) is 0 Å². The number of rotatable bonds is 4. The Morgan fingerprint density at radius 3 is 2.50 bits per heavy atom. The first-order valence-electron chi connectivity index (χ1n) is 8.47. The molecule has 3 aromatic carbocycles. The molecule has 0 aliphatic carbocycles. The summed E-state index contributed by atoms with van der Waals surface area (Å²) in [4.78, 5) is 5.83. The van der Waals surface area contributed by atoms with Crippen molar-refractivity contribution in [3.05, 3.63) is 79.0 Å². The Balaban J connectivity index is 2.00.